The van der Waals surface area contributed by atoms with E-state index in [2.05, 4.69) is 16.8 Å². The highest BCUT2D eigenvalue weighted by Gasteiger charge is 2.02. The molecule has 0 saturated heterocycles. The zero-order valence-corrected chi connectivity index (χ0v) is 9.11. The fraction of sp³-hybridized carbons (Fsp3) is 0.0909. The molecular weight excluding hydrogens is 214 g/mol. The fourth-order valence-electron chi connectivity index (χ4n) is 1.34. The van der Waals surface area contributed by atoms with E-state index in [1.165, 1.54) is 11.1 Å². The molecule has 0 amide bonds. The van der Waals surface area contributed by atoms with E-state index in [4.69, 9.17) is 17.3 Å². The van der Waals surface area contributed by atoms with Gasteiger partial charge < -0.3 is 5.73 Å². The summed E-state index contributed by atoms with van der Waals surface area (Å²) in [6.07, 6.45) is 0. The maximum absolute atomic E-state index is 5.98. The number of halogens is 1. The first-order chi connectivity index (χ1) is 6.81. The van der Waals surface area contributed by atoms with E-state index in [0.29, 0.717) is 6.54 Å². The summed E-state index contributed by atoms with van der Waals surface area (Å²) in [4.78, 5) is 0. The molecule has 0 aliphatic heterocycles. The van der Waals surface area contributed by atoms with Crippen LogP contribution in [-0.2, 0) is 6.54 Å². The van der Waals surface area contributed by atoms with Crippen LogP contribution in [0.25, 0.3) is 11.1 Å². The third-order valence-corrected chi connectivity index (χ3v) is 3.17. The second-order valence-corrected chi connectivity index (χ2v) is 4.21. The van der Waals surface area contributed by atoms with Crippen LogP contribution in [-0.4, -0.2) is 0 Å². The van der Waals surface area contributed by atoms with Gasteiger partial charge in [-0.3, -0.25) is 0 Å². The first kappa shape index (κ1) is 9.71. The molecule has 1 aromatic heterocycles. The van der Waals surface area contributed by atoms with E-state index in [0.717, 1.165) is 10.6 Å². The fourth-order valence-corrected chi connectivity index (χ4v) is 2.20. The molecule has 2 N–H and O–H groups in total. The highest BCUT2D eigenvalue weighted by atomic mass is 35.5. The third kappa shape index (κ3) is 1.82. The number of nitrogens with two attached hydrogens (primary N) is 1. The van der Waals surface area contributed by atoms with Gasteiger partial charge >= 0.3 is 0 Å². The van der Waals surface area contributed by atoms with Crippen LogP contribution >= 0.6 is 22.9 Å². The number of rotatable bonds is 2. The minimum atomic E-state index is 0.483. The molecule has 2 aromatic rings. The molecule has 0 aliphatic carbocycles. The Labute approximate surface area is 92.1 Å². The highest BCUT2D eigenvalue weighted by molar-refractivity contribution is 7.08. The van der Waals surface area contributed by atoms with Crippen LogP contribution in [0.1, 0.15) is 5.56 Å². The maximum atomic E-state index is 5.98. The van der Waals surface area contributed by atoms with Crippen molar-refractivity contribution in [2.75, 3.05) is 0 Å². The summed E-state index contributed by atoms with van der Waals surface area (Å²) in [5.74, 6) is 0. The van der Waals surface area contributed by atoms with Crippen LogP contribution in [0.15, 0.2) is 35.0 Å². The summed E-state index contributed by atoms with van der Waals surface area (Å²) in [5.41, 5.74) is 8.99. The van der Waals surface area contributed by atoms with Gasteiger partial charge in [0.1, 0.15) is 0 Å². The Kier molecular flexibility index (Phi) is 2.87. The molecular formula is C11H10ClNS. The second-order valence-electron chi connectivity index (χ2n) is 3.02. The summed E-state index contributed by atoms with van der Waals surface area (Å²) in [7, 11) is 0. The number of thiophene rings is 1. The van der Waals surface area contributed by atoms with E-state index in [9.17, 15) is 0 Å². The summed E-state index contributed by atoms with van der Waals surface area (Å²) in [5, 5.41) is 4.92. The van der Waals surface area contributed by atoms with Crippen molar-refractivity contribution in [1.29, 1.82) is 0 Å². The smallest absolute Gasteiger partial charge is 0.0451 e. The molecule has 0 bridgehead atoms. The van der Waals surface area contributed by atoms with Crippen molar-refractivity contribution in [2.24, 2.45) is 5.73 Å². The van der Waals surface area contributed by atoms with Gasteiger partial charge in [-0.1, -0.05) is 17.7 Å². The van der Waals surface area contributed by atoms with Gasteiger partial charge in [0.25, 0.3) is 0 Å². The quantitative estimate of drug-likeness (QED) is 0.828. The van der Waals surface area contributed by atoms with Crippen molar-refractivity contribution in [3.63, 3.8) is 0 Å². The molecule has 0 spiro atoms. The number of hydrogen-bond acceptors (Lipinski definition) is 2. The van der Waals surface area contributed by atoms with Gasteiger partial charge in [-0.2, -0.15) is 11.3 Å². The van der Waals surface area contributed by atoms with Gasteiger partial charge in [0.2, 0.25) is 0 Å². The van der Waals surface area contributed by atoms with Crippen molar-refractivity contribution < 1.29 is 0 Å². The molecule has 0 aliphatic rings. The average Bonchev–Trinajstić information content (AvgIpc) is 2.71. The van der Waals surface area contributed by atoms with E-state index < -0.39 is 0 Å². The summed E-state index contributed by atoms with van der Waals surface area (Å²) >= 11 is 7.67. The first-order valence-electron chi connectivity index (χ1n) is 4.32. The Bertz CT molecular complexity index is 423. The van der Waals surface area contributed by atoms with Crippen LogP contribution in [0.3, 0.4) is 0 Å². The summed E-state index contributed by atoms with van der Waals surface area (Å²) < 4.78 is 0. The topological polar surface area (TPSA) is 26.0 Å². The molecule has 0 atom stereocenters. The third-order valence-electron chi connectivity index (χ3n) is 2.12. The van der Waals surface area contributed by atoms with Crippen molar-refractivity contribution in [2.45, 2.75) is 6.54 Å². The van der Waals surface area contributed by atoms with Gasteiger partial charge in [0.05, 0.1) is 0 Å². The Hall–Kier alpha value is -0.830. The molecule has 72 valence electrons. The first-order valence-corrected chi connectivity index (χ1v) is 5.64. The van der Waals surface area contributed by atoms with Crippen LogP contribution in [0.4, 0.5) is 0 Å². The van der Waals surface area contributed by atoms with E-state index >= 15 is 0 Å². The van der Waals surface area contributed by atoms with Gasteiger partial charge in [-0.15, -0.1) is 0 Å². The van der Waals surface area contributed by atoms with E-state index in [-0.39, 0.29) is 0 Å². The lowest BCUT2D eigenvalue weighted by molar-refractivity contribution is 1.07. The molecule has 0 saturated carbocycles. The summed E-state index contributed by atoms with van der Waals surface area (Å²) in [6.45, 7) is 0.483. The predicted molar refractivity (Wildman–Crippen MR) is 62.7 cm³/mol. The molecule has 1 aromatic carbocycles. The molecule has 2 rings (SSSR count). The lowest BCUT2D eigenvalue weighted by Crippen LogP contribution is -1.97. The molecule has 1 heterocycles. The Morgan fingerprint density at radius 2 is 2.07 bits per heavy atom. The molecule has 3 heteroatoms. The maximum Gasteiger partial charge on any atom is 0.0451 e. The van der Waals surface area contributed by atoms with Crippen molar-refractivity contribution in [3.8, 4) is 11.1 Å². The Morgan fingerprint density at radius 1 is 1.21 bits per heavy atom. The van der Waals surface area contributed by atoms with Crippen molar-refractivity contribution >= 4 is 22.9 Å². The molecule has 0 radical (unpaired) electrons. The van der Waals surface area contributed by atoms with Crippen molar-refractivity contribution in [3.05, 3.63) is 45.6 Å². The molecule has 0 fully saturated rings. The highest BCUT2D eigenvalue weighted by Crippen LogP contribution is 2.26. The van der Waals surface area contributed by atoms with Gasteiger partial charge in [-0.25, -0.2) is 0 Å². The second kappa shape index (κ2) is 4.13. The van der Waals surface area contributed by atoms with Crippen LogP contribution < -0.4 is 5.73 Å². The van der Waals surface area contributed by atoms with E-state index in [1.54, 1.807) is 11.3 Å². The van der Waals surface area contributed by atoms with E-state index in [1.807, 2.05) is 18.2 Å². The minimum Gasteiger partial charge on any atom is -0.326 e. The van der Waals surface area contributed by atoms with Crippen molar-refractivity contribution in [1.82, 2.24) is 0 Å². The Morgan fingerprint density at radius 3 is 2.71 bits per heavy atom. The largest absolute Gasteiger partial charge is 0.326 e. The zero-order chi connectivity index (χ0) is 9.97. The molecule has 14 heavy (non-hydrogen) atoms. The number of hydrogen-bond donors (Lipinski definition) is 1. The predicted octanol–water partition coefficient (Wildman–Crippen LogP) is 3.53. The lowest BCUT2D eigenvalue weighted by Gasteiger charge is -2.03. The minimum absolute atomic E-state index is 0.483. The monoisotopic (exact) mass is 223 g/mol. The SMILES string of the molecule is NCc1cc(-c2ccsc2)ccc1Cl. The summed E-state index contributed by atoms with van der Waals surface area (Å²) in [6, 6.07) is 8.05. The normalized spacial score (nSPS) is 10.4. The molecule has 1 nitrogen and oxygen atoms in total. The van der Waals surface area contributed by atoms with Crippen LogP contribution in [0.2, 0.25) is 5.02 Å². The van der Waals surface area contributed by atoms with Crippen LogP contribution in [0, 0.1) is 0 Å². The lowest BCUT2D eigenvalue weighted by atomic mass is 10.1. The average molecular weight is 224 g/mol. The number of benzene rings is 1. The van der Waals surface area contributed by atoms with Gasteiger partial charge in [0, 0.05) is 11.6 Å². The van der Waals surface area contributed by atoms with Gasteiger partial charge in [0.15, 0.2) is 0 Å². The Balaban J connectivity index is 2.46. The van der Waals surface area contributed by atoms with Crippen LogP contribution in [0.5, 0.6) is 0 Å². The van der Waals surface area contributed by atoms with Gasteiger partial charge in [-0.05, 0) is 45.6 Å². The molecule has 0 unspecified atom stereocenters. The standard InChI is InChI=1S/C11H10ClNS/c12-11-2-1-8(5-10(11)6-13)9-3-4-14-7-9/h1-5,7H,6,13H2. The zero-order valence-electron chi connectivity index (χ0n) is 7.53.